The van der Waals surface area contributed by atoms with E-state index in [-0.39, 0.29) is 12.1 Å². The molecule has 0 amide bonds. The Morgan fingerprint density at radius 3 is 2.31 bits per heavy atom. The molecule has 0 aromatic rings. The lowest BCUT2D eigenvalue weighted by atomic mass is 10.0. The molecule has 0 fully saturated rings. The molecule has 0 aromatic heterocycles. The summed E-state index contributed by atoms with van der Waals surface area (Å²) in [4.78, 5) is 2.35. The van der Waals surface area contributed by atoms with Gasteiger partial charge in [-0.15, -0.1) is 0 Å². The first-order valence-corrected chi connectivity index (χ1v) is 5.14. The van der Waals surface area contributed by atoms with E-state index in [1.165, 1.54) is 6.42 Å². The lowest BCUT2D eigenvalue weighted by Crippen LogP contribution is -2.52. The van der Waals surface area contributed by atoms with Crippen molar-refractivity contribution in [3.8, 4) is 0 Å². The van der Waals surface area contributed by atoms with Crippen molar-refractivity contribution in [1.82, 2.24) is 10.2 Å². The molecule has 1 atom stereocenters. The summed E-state index contributed by atoms with van der Waals surface area (Å²) in [5.74, 6) is 0. The van der Waals surface area contributed by atoms with E-state index in [1.54, 1.807) is 0 Å². The van der Waals surface area contributed by atoms with E-state index in [1.807, 2.05) is 14.0 Å². The maximum atomic E-state index is 9.21. The highest BCUT2D eigenvalue weighted by atomic mass is 16.3. The molecule has 2 N–H and O–H groups in total. The first kappa shape index (κ1) is 12.9. The number of nitrogens with zero attached hydrogens (tertiary/aromatic N) is 1. The highest BCUT2D eigenvalue weighted by Crippen LogP contribution is 2.05. The molecule has 0 saturated carbocycles. The fraction of sp³-hybridized carbons (Fsp3) is 1.00. The summed E-state index contributed by atoms with van der Waals surface area (Å²) in [5, 5.41) is 12.4. The number of aliphatic hydroxyl groups excluding tert-OH is 1. The van der Waals surface area contributed by atoms with Crippen LogP contribution in [-0.4, -0.2) is 48.8 Å². The second kappa shape index (κ2) is 6.35. The Bertz CT molecular complexity index is 124. The SMILES string of the molecule is CCCN(CC)CC(C)(CO)NC. The Morgan fingerprint density at radius 2 is 2.00 bits per heavy atom. The molecule has 0 rings (SSSR count). The van der Waals surface area contributed by atoms with E-state index in [2.05, 4.69) is 24.1 Å². The van der Waals surface area contributed by atoms with Gasteiger partial charge in [0.1, 0.15) is 0 Å². The van der Waals surface area contributed by atoms with Crippen molar-refractivity contribution in [1.29, 1.82) is 0 Å². The van der Waals surface area contributed by atoms with Crippen LogP contribution in [0.15, 0.2) is 0 Å². The second-order valence-corrected chi connectivity index (χ2v) is 3.84. The first-order chi connectivity index (χ1) is 6.11. The Morgan fingerprint density at radius 1 is 1.38 bits per heavy atom. The predicted molar refractivity (Wildman–Crippen MR) is 57.0 cm³/mol. The minimum absolute atomic E-state index is 0.162. The van der Waals surface area contributed by atoms with Crippen LogP contribution in [0.4, 0.5) is 0 Å². The number of nitrogens with one attached hydrogen (secondary N) is 1. The molecule has 0 saturated heterocycles. The highest BCUT2D eigenvalue weighted by molar-refractivity contribution is 4.84. The molecule has 0 spiro atoms. The van der Waals surface area contributed by atoms with Gasteiger partial charge in [0.25, 0.3) is 0 Å². The molecule has 3 heteroatoms. The number of aliphatic hydroxyl groups is 1. The summed E-state index contributed by atoms with van der Waals surface area (Å²) in [6.07, 6.45) is 1.17. The molecule has 0 aliphatic heterocycles. The molecule has 80 valence electrons. The van der Waals surface area contributed by atoms with Crippen molar-refractivity contribution in [2.24, 2.45) is 0 Å². The van der Waals surface area contributed by atoms with Crippen LogP contribution in [0.2, 0.25) is 0 Å². The largest absolute Gasteiger partial charge is 0.394 e. The maximum absolute atomic E-state index is 9.21. The summed E-state index contributed by atoms with van der Waals surface area (Å²) < 4.78 is 0. The summed E-state index contributed by atoms with van der Waals surface area (Å²) in [5.41, 5.74) is -0.162. The van der Waals surface area contributed by atoms with Crippen LogP contribution in [0.5, 0.6) is 0 Å². The molecule has 13 heavy (non-hydrogen) atoms. The highest BCUT2D eigenvalue weighted by Gasteiger charge is 2.22. The quantitative estimate of drug-likeness (QED) is 0.617. The lowest BCUT2D eigenvalue weighted by Gasteiger charge is -2.33. The summed E-state index contributed by atoms with van der Waals surface area (Å²) >= 11 is 0. The van der Waals surface area contributed by atoms with Crippen LogP contribution in [0.3, 0.4) is 0 Å². The van der Waals surface area contributed by atoms with Crippen molar-refractivity contribution in [3.63, 3.8) is 0 Å². The van der Waals surface area contributed by atoms with Gasteiger partial charge in [0.15, 0.2) is 0 Å². The van der Waals surface area contributed by atoms with E-state index in [9.17, 15) is 5.11 Å². The zero-order chi connectivity index (χ0) is 10.3. The average molecular weight is 188 g/mol. The number of hydrogen-bond acceptors (Lipinski definition) is 3. The predicted octanol–water partition coefficient (Wildman–Crippen LogP) is 0.689. The van der Waals surface area contributed by atoms with Crippen LogP contribution >= 0.6 is 0 Å². The van der Waals surface area contributed by atoms with Gasteiger partial charge in [-0.2, -0.15) is 0 Å². The first-order valence-electron chi connectivity index (χ1n) is 5.14. The van der Waals surface area contributed by atoms with Crippen LogP contribution in [0, 0.1) is 0 Å². The van der Waals surface area contributed by atoms with E-state index in [0.29, 0.717) is 0 Å². The third kappa shape index (κ3) is 4.60. The Balaban J connectivity index is 4.02. The van der Waals surface area contributed by atoms with Gasteiger partial charge in [-0.3, -0.25) is 0 Å². The molecular formula is C10H24N2O. The zero-order valence-corrected chi connectivity index (χ0v) is 9.43. The van der Waals surface area contributed by atoms with Gasteiger partial charge in [0, 0.05) is 6.54 Å². The number of rotatable bonds is 7. The average Bonchev–Trinajstić information content (AvgIpc) is 2.17. The standard InChI is InChI=1S/C10H24N2O/c1-5-7-12(6-2)8-10(3,9-13)11-4/h11,13H,5-9H2,1-4H3. The van der Waals surface area contributed by atoms with Crippen LogP contribution in [0.1, 0.15) is 27.2 Å². The molecule has 0 aliphatic rings. The molecule has 3 nitrogen and oxygen atoms in total. The van der Waals surface area contributed by atoms with Crippen molar-refractivity contribution < 1.29 is 5.11 Å². The molecule has 0 heterocycles. The smallest absolute Gasteiger partial charge is 0.0623 e. The van der Waals surface area contributed by atoms with Gasteiger partial charge >= 0.3 is 0 Å². The normalized spacial score (nSPS) is 16.2. The van der Waals surface area contributed by atoms with Gasteiger partial charge in [-0.1, -0.05) is 13.8 Å². The van der Waals surface area contributed by atoms with E-state index in [0.717, 1.165) is 19.6 Å². The molecule has 0 radical (unpaired) electrons. The lowest BCUT2D eigenvalue weighted by molar-refractivity contribution is 0.129. The summed E-state index contributed by atoms with van der Waals surface area (Å²) in [7, 11) is 1.90. The van der Waals surface area contributed by atoms with Crippen molar-refractivity contribution in [3.05, 3.63) is 0 Å². The molecule has 0 bridgehead atoms. The van der Waals surface area contributed by atoms with Gasteiger partial charge in [-0.05, 0) is 33.5 Å². The zero-order valence-electron chi connectivity index (χ0n) is 9.43. The van der Waals surface area contributed by atoms with Gasteiger partial charge in [0.2, 0.25) is 0 Å². The fourth-order valence-corrected chi connectivity index (χ4v) is 1.37. The van der Waals surface area contributed by atoms with Crippen LogP contribution in [0.25, 0.3) is 0 Å². The van der Waals surface area contributed by atoms with E-state index in [4.69, 9.17) is 0 Å². The third-order valence-electron chi connectivity index (χ3n) is 2.51. The monoisotopic (exact) mass is 188 g/mol. The number of hydrogen-bond donors (Lipinski definition) is 2. The third-order valence-corrected chi connectivity index (χ3v) is 2.51. The second-order valence-electron chi connectivity index (χ2n) is 3.84. The molecule has 0 aromatic carbocycles. The minimum Gasteiger partial charge on any atom is -0.394 e. The van der Waals surface area contributed by atoms with Crippen LogP contribution < -0.4 is 5.32 Å². The van der Waals surface area contributed by atoms with Crippen LogP contribution in [-0.2, 0) is 0 Å². The van der Waals surface area contributed by atoms with Crippen molar-refractivity contribution in [2.45, 2.75) is 32.7 Å². The Kier molecular flexibility index (Phi) is 6.29. The Labute approximate surface area is 82.1 Å². The Hall–Kier alpha value is -0.120. The van der Waals surface area contributed by atoms with Crippen molar-refractivity contribution in [2.75, 3.05) is 33.3 Å². The van der Waals surface area contributed by atoms with Crippen molar-refractivity contribution >= 4 is 0 Å². The fourth-order valence-electron chi connectivity index (χ4n) is 1.37. The van der Waals surface area contributed by atoms with Gasteiger partial charge < -0.3 is 15.3 Å². The molecule has 1 unspecified atom stereocenters. The van der Waals surface area contributed by atoms with E-state index >= 15 is 0 Å². The molecule has 0 aliphatic carbocycles. The topological polar surface area (TPSA) is 35.5 Å². The number of likely N-dealkylation sites (N-methyl/N-ethyl adjacent to an activating group) is 2. The van der Waals surface area contributed by atoms with E-state index < -0.39 is 0 Å². The summed E-state index contributed by atoms with van der Waals surface area (Å²) in [6, 6.07) is 0. The maximum Gasteiger partial charge on any atom is 0.0623 e. The van der Waals surface area contributed by atoms with Gasteiger partial charge in [-0.25, -0.2) is 0 Å². The minimum atomic E-state index is -0.162. The molecular weight excluding hydrogens is 164 g/mol. The van der Waals surface area contributed by atoms with Gasteiger partial charge in [0.05, 0.1) is 12.1 Å². The summed E-state index contributed by atoms with van der Waals surface area (Å²) in [6.45, 7) is 9.62.